The van der Waals surface area contributed by atoms with E-state index >= 15 is 0 Å². The van der Waals surface area contributed by atoms with Gasteiger partial charge >= 0.3 is 5.97 Å². The van der Waals surface area contributed by atoms with Crippen LogP contribution in [-0.2, 0) is 30.2 Å². The van der Waals surface area contributed by atoms with Gasteiger partial charge < -0.3 is 86.4 Å². The predicted molar refractivity (Wildman–Crippen MR) is 143 cm³/mol. The largest absolute Gasteiger partial charge is 0.478 e. The molecule has 0 aliphatic carbocycles. The number of rotatable bonds is 11. The van der Waals surface area contributed by atoms with Crippen LogP contribution in [0.2, 0.25) is 0 Å². The van der Waals surface area contributed by atoms with Crippen molar-refractivity contribution in [1.29, 1.82) is 0 Å². The van der Waals surface area contributed by atoms with E-state index in [4.69, 9.17) is 35.2 Å². The second kappa shape index (κ2) is 15.1. The molecule has 4 rings (SSSR count). The van der Waals surface area contributed by atoms with Crippen LogP contribution < -0.4 is 16.8 Å². The number of carboxylic acids is 1. The van der Waals surface area contributed by atoms with Gasteiger partial charge in [-0.05, 0) is 11.6 Å². The van der Waals surface area contributed by atoms with Crippen LogP contribution in [0.5, 0.6) is 0 Å². The zero-order valence-corrected chi connectivity index (χ0v) is 23.4. The first-order chi connectivity index (χ1) is 20.9. The molecule has 15 atom stereocenters. The zero-order chi connectivity index (χ0) is 32.3. The molecule has 0 spiro atoms. The van der Waals surface area contributed by atoms with Gasteiger partial charge in [0.05, 0.1) is 43.5 Å². The number of nitrogens with one attached hydrogen (secondary N) is 1. The van der Waals surface area contributed by atoms with Gasteiger partial charge in [0.15, 0.2) is 18.9 Å². The average molecular weight is 636 g/mol. The molecule has 250 valence electrons. The minimum atomic E-state index is -1.65. The van der Waals surface area contributed by atoms with E-state index in [1.165, 1.54) is 18.2 Å². The highest BCUT2D eigenvalue weighted by Gasteiger charge is 2.53. The maximum atomic E-state index is 11.8. The molecule has 0 bridgehead atoms. The van der Waals surface area contributed by atoms with Crippen LogP contribution in [-0.4, -0.2) is 164 Å². The van der Waals surface area contributed by atoms with E-state index in [1.54, 1.807) is 6.07 Å². The SMILES string of the molecule is N[C@H]1[C@H](OC2[C@@H](CO)O[C@@H](OC3[C@@H](CO)O[C@@H](O)[C@H](N)[C@H]3O)[C@H](NCc3ccccc3C(=O)O)[C@H]2O)O[C@H](CO)[C@@H](O)[C@@H]1O. The van der Waals surface area contributed by atoms with Crippen molar-refractivity contribution in [3.8, 4) is 0 Å². The first kappa shape index (κ1) is 34.9. The van der Waals surface area contributed by atoms with Crippen molar-refractivity contribution in [2.45, 2.75) is 98.5 Å². The van der Waals surface area contributed by atoms with Crippen LogP contribution in [0.25, 0.3) is 0 Å². The van der Waals surface area contributed by atoms with Crippen molar-refractivity contribution < 1.29 is 74.4 Å². The Labute approximate surface area is 251 Å². The maximum Gasteiger partial charge on any atom is 0.336 e. The Balaban J connectivity index is 1.62. The van der Waals surface area contributed by atoms with E-state index in [2.05, 4.69) is 5.32 Å². The van der Waals surface area contributed by atoms with Gasteiger partial charge in [0.25, 0.3) is 0 Å². The fourth-order valence-electron chi connectivity index (χ4n) is 5.48. The van der Waals surface area contributed by atoms with Crippen molar-refractivity contribution in [1.82, 2.24) is 5.32 Å². The summed E-state index contributed by atoms with van der Waals surface area (Å²) in [5, 5.41) is 94.9. The molecule has 44 heavy (non-hydrogen) atoms. The number of benzene rings is 1. The molecule has 3 aliphatic rings. The molecule has 3 saturated heterocycles. The molecule has 3 heterocycles. The zero-order valence-electron chi connectivity index (χ0n) is 23.4. The minimum Gasteiger partial charge on any atom is -0.478 e. The molecule has 3 fully saturated rings. The number of aliphatic hydroxyl groups is 8. The summed E-state index contributed by atoms with van der Waals surface area (Å²) in [5.74, 6) is -1.21. The summed E-state index contributed by atoms with van der Waals surface area (Å²) < 4.78 is 28.5. The molecule has 0 saturated carbocycles. The van der Waals surface area contributed by atoms with Crippen LogP contribution in [0.4, 0.5) is 0 Å². The minimum absolute atomic E-state index is 0.0368. The lowest BCUT2D eigenvalue weighted by Gasteiger charge is -2.49. The molecular weight excluding hydrogens is 594 g/mol. The number of ether oxygens (including phenoxy) is 5. The summed E-state index contributed by atoms with van der Waals surface area (Å²) in [6.07, 6.45) is -17.8. The Hall–Kier alpha value is -1.95. The number of nitrogens with two attached hydrogens (primary N) is 2. The Kier molecular flexibility index (Phi) is 12.0. The third-order valence-corrected chi connectivity index (χ3v) is 8.06. The Bertz CT molecular complexity index is 1080. The molecule has 1 aromatic carbocycles. The van der Waals surface area contributed by atoms with Gasteiger partial charge in [-0.15, -0.1) is 0 Å². The lowest BCUT2D eigenvalue weighted by Crippen LogP contribution is -2.70. The summed E-state index contributed by atoms with van der Waals surface area (Å²) in [4.78, 5) is 11.8. The van der Waals surface area contributed by atoms with E-state index in [0.717, 1.165) is 0 Å². The summed E-state index contributed by atoms with van der Waals surface area (Å²) in [6.45, 7) is -2.34. The second-order valence-corrected chi connectivity index (χ2v) is 10.9. The number of hydrogen-bond acceptors (Lipinski definition) is 17. The second-order valence-electron chi connectivity index (χ2n) is 10.9. The number of aromatic carboxylic acids is 1. The topological polar surface area (TPSA) is 309 Å². The van der Waals surface area contributed by atoms with Gasteiger partial charge in [-0.3, -0.25) is 0 Å². The third-order valence-electron chi connectivity index (χ3n) is 8.06. The predicted octanol–water partition coefficient (Wildman–Crippen LogP) is -6.14. The molecule has 1 aromatic rings. The molecular formula is C26H41N3O15. The van der Waals surface area contributed by atoms with Crippen molar-refractivity contribution in [2.75, 3.05) is 19.8 Å². The molecule has 2 unspecified atom stereocenters. The summed E-state index contributed by atoms with van der Waals surface area (Å²) >= 11 is 0. The summed E-state index contributed by atoms with van der Waals surface area (Å²) in [6, 6.07) is 2.04. The van der Waals surface area contributed by atoms with E-state index in [0.29, 0.717) is 5.56 Å². The van der Waals surface area contributed by atoms with Crippen LogP contribution in [0.3, 0.4) is 0 Å². The van der Waals surface area contributed by atoms with Crippen LogP contribution in [0.1, 0.15) is 15.9 Å². The summed E-state index contributed by atoms with van der Waals surface area (Å²) in [7, 11) is 0. The molecule has 18 heteroatoms. The monoisotopic (exact) mass is 635 g/mol. The Morgan fingerprint density at radius 2 is 1.32 bits per heavy atom. The molecule has 3 aliphatic heterocycles. The third kappa shape index (κ3) is 7.21. The van der Waals surface area contributed by atoms with Crippen LogP contribution in [0, 0.1) is 0 Å². The van der Waals surface area contributed by atoms with Crippen LogP contribution >= 0.6 is 0 Å². The summed E-state index contributed by atoms with van der Waals surface area (Å²) in [5.41, 5.74) is 12.1. The molecule has 0 aromatic heterocycles. The van der Waals surface area contributed by atoms with Gasteiger partial charge in [0.2, 0.25) is 0 Å². The van der Waals surface area contributed by atoms with Crippen molar-refractivity contribution in [3.63, 3.8) is 0 Å². The van der Waals surface area contributed by atoms with Gasteiger partial charge in [0, 0.05) is 6.54 Å². The standard InChI is InChI=1S/C26H41N3O15/c27-14-19(35)21(12(7-31)40-24(14)39)44-26-16(29-5-9-3-1-2-4-10(9)23(37)38)20(36)22(13(8-32)42-26)43-25-15(28)18(34)17(33)11(6-30)41-25/h1-4,11-22,24-26,29-36,39H,5-8,27-28H2,(H,37,38)/t11-,12-,13-,14-,15-,16-,17-,18-,19-,20-,21?,22?,24-,25+,26+/m1/s1. The highest BCUT2D eigenvalue weighted by Crippen LogP contribution is 2.32. The Morgan fingerprint density at radius 3 is 1.95 bits per heavy atom. The normalized spacial score (nSPS) is 43.1. The molecule has 0 radical (unpaired) electrons. The van der Waals surface area contributed by atoms with Gasteiger partial charge in [-0.1, -0.05) is 18.2 Å². The van der Waals surface area contributed by atoms with Crippen molar-refractivity contribution in [2.24, 2.45) is 11.5 Å². The Morgan fingerprint density at radius 1 is 0.750 bits per heavy atom. The fraction of sp³-hybridized carbons (Fsp3) is 0.731. The lowest BCUT2D eigenvalue weighted by molar-refractivity contribution is -0.350. The number of hydrogen-bond donors (Lipinski definition) is 12. The molecule has 14 N–H and O–H groups in total. The fourth-order valence-corrected chi connectivity index (χ4v) is 5.48. The lowest BCUT2D eigenvalue weighted by atomic mass is 9.93. The number of aliphatic hydroxyl groups excluding tert-OH is 8. The maximum absolute atomic E-state index is 11.8. The van der Waals surface area contributed by atoms with E-state index < -0.39 is 118 Å². The number of carboxylic acid groups (broad SMARTS) is 1. The smallest absolute Gasteiger partial charge is 0.336 e. The van der Waals surface area contributed by atoms with Gasteiger partial charge in [-0.2, -0.15) is 0 Å². The highest BCUT2D eigenvalue weighted by molar-refractivity contribution is 5.89. The molecule has 0 amide bonds. The van der Waals surface area contributed by atoms with E-state index in [9.17, 15) is 50.8 Å². The number of carbonyl (C=O) groups is 1. The average Bonchev–Trinajstić information content (AvgIpc) is 3.01. The molecule has 18 nitrogen and oxygen atoms in total. The van der Waals surface area contributed by atoms with Gasteiger partial charge in [-0.25, -0.2) is 4.79 Å². The van der Waals surface area contributed by atoms with Crippen molar-refractivity contribution >= 4 is 5.97 Å². The van der Waals surface area contributed by atoms with E-state index in [-0.39, 0.29) is 12.1 Å². The van der Waals surface area contributed by atoms with E-state index in [1.807, 2.05) is 0 Å². The van der Waals surface area contributed by atoms with Gasteiger partial charge in [0.1, 0.15) is 54.9 Å². The first-order valence-electron chi connectivity index (χ1n) is 14.0. The first-order valence-corrected chi connectivity index (χ1v) is 14.0. The highest BCUT2D eigenvalue weighted by atomic mass is 16.7. The van der Waals surface area contributed by atoms with Crippen LogP contribution in [0.15, 0.2) is 24.3 Å². The quantitative estimate of drug-likeness (QED) is 0.108. The van der Waals surface area contributed by atoms with Crippen molar-refractivity contribution in [3.05, 3.63) is 35.4 Å².